The number of benzene rings is 1. The average molecular weight is 526 g/mol. The maximum atomic E-state index is 13.0. The number of nitrogens with zero attached hydrogens (tertiary/aromatic N) is 1. The van der Waals surface area contributed by atoms with E-state index in [2.05, 4.69) is 10.6 Å². The van der Waals surface area contributed by atoms with E-state index >= 15 is 0 Å². The number of nitrogens with one attached hydrogen (secondary N) is 2. The molecule has 0 spiro atoms. The fourth-order valence-electron chi connectivity index (χ4n) is 3.41. The smallest absolute Gasteiger partial charge is 0.341 e. The molecule has 0 atom stereocenters. The summed E-state index contributed by atoms with van der Waals surface area (Å²) in [6.45, 7) is 8.52. The summed E-state index contributed by atoms with van der Waals surface area (Å²) in [6, 6.07) is 4.42. The maximum absolute atomic E-state index is 13.0. The van der Waals surface area contributed by atoms with E-state index < -0.39 is 21.9 Å². The summed E-state index contributed by atoms with van der Waals surface area (Å²) in [5, 5.41) is 5.94. The van der Waals surface area contributed by atoms with Gasteiger partial charge < -0.3 is 14.8 Å². The van der Waals surface area contributed by atoms with Crippen LogP contribution in [0.1, 0.15) is 43.6 Å². The van der Waals surface area contributed by atoms with Crippen molar-refractivity contribution in [2.24, 2.45) is 0 Å². The van der Waals surface area contributed by atoms with Gasteiger partial charge in [-0.05, 0) is 63.2 Å². The molecule has 1 amide bonds. The van der Waals surface area contributed by atoms with Gasteiger partial charge in [-0.25, -0.2) is 13.2 Å². The van der Waals surface area contributed by atoms with Crippen molar-refractivity contribution in [1.29, 1.82) is 0 Å². The largest absolute Gasteiger partial charge is 0.462 e. The van der Waals surface area contributed by atoms with Crippen molar-refractivity contribution < 1.29 is 27.5 Å². The van der Waals surface area contributed by atoms with Crippen LogP contribution in [-0.2, 0) is 19.5 Å². The Bertz CT molecular complexity index is 1220. The highest BCUT2D eigenvalue weighted by Crippen LogP contribution is 2.33. The number of morpholine rings is 1. The molecule has 2 N–H and O–H groups in total. The van der Waals surface area contributed by atoms with Gasteiger partial charge in [-0.2, -0.15) is 4.31 Å². The lowest BCUT2D eigenvalue weighted by Crippen LogP contribution is -2.40. The molecule has 1 aliphatic heterocycles. The lowest BCUT2D eigenvalue weighted by Gasteiger charge is -2.26. The third kappa shape index (κ3) is 5.63. The fraction of sp³-hybridized carbons (Fsp3) is 0.409. The Labute approximate surface area is 208 Å². The first-order valence-corrected chi connectivity index (χ1v) is 13.3. The molecule has 0 unspecified atom stereocenters. The van der Waals surface area contributed by atoms with Crippen LogP contribution in [0.25, 0.3) is 0 Å². The van der Waals surface area contributed by atoms with Gasteiger partial charge in [-0.1, -0.05) is 6.07 Å². The summed E-state index contributed by atoms with van der Waals surface area (Å²) in [5.74, 6) is -1.03. The predicted octanol–water partition coefficient (Wildman–Crippen LogP) is 3.00. The molecular formula is C22H27N3O6S3. The normalized spacial score (nSPS) is 14.5. The van der Waals surface area contributed by atoms with Crippen LogP contribution in [0.15, 0.2) is 23.1 Å². The number of thiophene rings is 1. The van der Waals surface area contributed by atoms with Crippen molar-refractivity contribution in [3.8, 4) is 0 Å². The molecule has 184 valence electrons. The summed E-state index contributed by atoms with van der Waals surface area (Å²) in [7, 11) is -3.76. The van der Waals surface area contributed by atoms with Crippen molar-refractivity contribution >= 4 is 55.6 Å². The monoisotopic (exact) mass is 525 g/mol. The topological polar surface area (TPSA) is 114 Å². The second-order valence-electron chi connectivity index (χ2n) is 7.61. The number of thiocarbonyl (C=S) groups is 1. The quantitative estimate of drug-likeness (QED) is 0.437. The summed E-state index contributed by atoms with van der Waals surface area (Å²) < 4.78 is 37.7. The van der Waals surface area contributed by atoms with Crippen LogP contribution in [0, 0.1) is 20.8 Å². The first-order chi connectivity index (χ1) is 16.1. The van der Waals surface area contributed by atoms with Crippen LogP contribution in [0.4, 0.5) is 5.00 Å². The Morgan fingerprint density at radius 3 is 2.53 bits per heavy atom. The third-order valence-electron chi connectivity index (χ3n) is 5.38. The number of carbonyl (C=O) groups excluding carboxylic acids is 2. The first-order valence-electron chi connectivity index (χ1n) is 10.6. The first kappa shape index (κ1) is 26.2. The highest BCUT2D eigenvalue weighted by atomic mass is 32.2. The van der Waals surface area contributed by atoms with Gasteiger partial charge in [-0.15, -0.1) is 11.3 Å². The molecule has 9 nitrogen and oxygen atoms in total. The van der Waals surface area contributed by atoms with E-state index in [4.69, 9.17) is 21.7 Å². The fourth-order valence-corrected chi connectivity index (χ4v) is 6.16. The van der Waals surface area contributed by atoms with Gasteiger partial charge in [0.25, 0.3) is 5.91 Å². The van der Waals surface area contributed by atoms with E-state index in [1.54, 1.807) is 19.9 Å². The van der Waals surface area contributed by atoms with Gasteiger partial charge in [-0.3, -0.25) is 10.1 Å². The minimum atomic E-state index is -3.76. The molecule has 2 heterocycles. The van der Waals surface area contributed by atoms with Crippen molar-refractivity contribution in [1.82, 2.24) is 9.62 Å². The number of esters is 1. The maximum Gasteiger partial charge on any atom is 0.341 e. The van der Waals surface area contributed by atoms with Crippen molar-refractivity contribution in [2.75, 3.05) is 38.2 Å². The molecule has 1 aromatic heterocycles. The van der Waals surface area contributed by atoms with Gasteiger partial charge in [0.15, 0.2) is 5.11 Å². The van der Waals surface area contributed by atoms with E-state index in [0.29, 0.717) is 29.3 Å². The molecule has 1 saturated heterocycles. The minimum absolute atomic E-state index is 0.0161. The number of aryl methyl sites for hydroxylation is 2. The standard InChI is InChI=1S/C22H27N3O6S3/c1-5-31-21(27)18-14(3)15(4)33-20(18)24-22(32)23-19(26)17-12-16(7-6-13(17)2)34(28,29)25-8-10-30-11-9-25/h6-7,12H,5,8-11H2,1-4H3,(H2,23,24,26,32). The third-order valence-corrected chi connectivity index (χ3v) is 8.60. The Hall–Kier alpha value is -2.38. The van der Waals surface area contributed by atoms with Crippen LogP contribution in [0.2, 0.25) is 0 Å². The van der Waals surface area contributed by atoms with E-state index in [1.165, 1.54) is 27.8 Å². The zero-order valence-electron chi connectivity index (χ0n) is 19.4. The molecule has 34 heavy (non-hydrogen) atoms. The highest BCUT2D eigenvalue weighted by Gasteiger charge is 2.28. The van der Waals surface area contributed by atoms with E-state index in [-0.39, 0.29) is 35.3 Å². The molecule has 2 aromatic rings. The SMILES string of the molecule is CCOC(=O)c1c(NC(=S)NC(=O)c2cc(S(=O)(=O)N3CCOCC3)ccc2C)sc(C)c1C. The summed E-state index contributed by atoms with van der Waals surface area (Å²) in [5.41, 5.74) is 1.92. The average Bonchev–Trinajstić information content (AvgIpc) is 3.07. The number of ether oxygens (including phenoxy) is 2. The zero-order chi connectivity index (χ0) is 25.0. The van der Waals surface area contributed by atoms with Crippen LogP contribution >= 0.6 is 23.6 Å². The molecule has 3 rings (SSSR count). The van der Waals surface area contributed by atoms with Crippen LogP contribution in [0.5, 0.6) is 0 Å². The molecular weight excluding hydrogens is 498 g/mol. The molecule has 0 radical (unpaired) electrons. The summed E-state index contributed by atoms with van der Waals surface area (Å²) >= 11 is 6.62. The van der Waals surface area contributed by atoms with Gasteiger partial charge in [0.05, 0.1) is 30.3 Å². The molecule has 1 aromatic carbocycles. The van der Waals surface area contributed by atoms with Gasteiger partial charge >= 0.3 is 5.97 Å². The number of anilines is 1. The molecule has 0 bridgehead atoms. The number of sulfonamides is 1. The van der Waals surface area contributed by atoms with Crippen molar-refractivity contribution in [3.05, 3.63) is 45.3 Å². The van der Waals surface area contributed by atoms with Crippen molar-refractivity contribution in [2.45, 2.75) is 32.6 Å². The Morgan fingerprint density at radius 1 is 1.21 bits per heavy atom. The van der Waals surface area contributed by atoms with E-state index in [9.17, 15) is 18.0 Å². The minimum Gasteiger partial charge on any atom is -0.462 e. The van der Waals surface area contributed by atoms with Gasteiger partial charge in [0.1, 0.15) is 5.00 Å². The Balaban J connectivity index is 1.79. The highest BCUT2D eigenvalue weighted by molar-refractivity contribution is 7.89. The molecule has 1 aliphatic rings. The van der Waals surface area contributed by atoms with Crippen LogP contribution in [0.3, 0.4) is 0 Å². The van der Waals surface area contributed by atoms with Gasteiger partial charge in [0.2, 0.25) is 10.0 Å². The van der Waals surface area contributed by atoms with Crippen molar-refractivity contribution in [3.63, 3.8) is 0 Å². The Morgan fingerprint density at radius 2 is 1.88 bits per heavy atom. The number of rotatable bonds is 6. The predicted molar refractivity (Wildman–Crippen MR) is 134 cm³/mol. The lowest BCUT2D eigenvalue weighted by atomic mass is 10.1. The molecule has 0 saturated carbocycles. The number of hydrogen-bond donors (Lipinski definition) is 2. The summed E-state index contributed by atoms with van der Waals surface area (Å²) in [4.78, 5) is 26.3. The number of amides is 1. The zero-order valence-corrected chi connectivity index (χ0v) is 21.8. The van der Waals surface area contributed by atoms with Crippen LogP contribution < -0.4 is 10.6 Å². The van der Waals surface area contributed by atoms with E-state index in [0.717, 1.165) is 10.4 Å². The molecule has 12 heteroatoms. The lowest BCUT2D eigenvalue weighted by molar-refractivity contribution is 0.0527. The molecule has 1 fully saturated rings. The Kier molecular flexibility index (Phi) is 8.42. The second kappa shape index (κ2) is 10.9. The second-order valence-corrected chi connectivity index (χ2v) is 11.2. The number of carbonyl (C=O) groups is 2. The van der Waals surface area contributed by atoms with E-state index in [1.807, 2.05) is 13.8 Å². The number of hydrogen-bond acceptors (Lipinski definition) is 8. The van der Waals surface area contributed by atoms with Crippen LogP contribution in [-0.4, -0.2) is 62.6 Å². The molecule has 0 aliphatic carbocycles. The van der Waals surface area contributed by atoms with Gasteiger partial charge in [0, 0.05) is 23.5 Å². The summed E-state index contributed by atoms with van der Waals surface area (Å²) in [6.07, 6.45) is 0.